The van der Waals surface area contributed by atoms with Crippen molar-refractivity contribution in [3.8, 4) is 16.9 Å². The first-order chi connectivity index (χ1) is 15.2. The smallest absolute Gasteiger partial charge is 0.406 e. The number of benzene rings is 2. The van der Waals surface area contributed by atoms with Crippen LogP contribution in [0.3, 0.4) is 0 Å². The molecular weight excluding hydrogens is 415 g/mol. The Morgan fingerprint density at radius 3 is 2.41 bits per heavy atom. The van der Waals surface area contributed by atoms with Gasteiger partial charge in [0.25, 0.3) is 0 Å². The van der Waals surface area contributed by atoms with E-state index in [1.54, 1.807) is 12.1 Å². The van der Waals surface area contributed by atoms with Crippen molar-refractivity contribution in [2.75, 3.05) is 14.1 Å². The Bertz CT molecular complexity index is 1090. The predicted molar refractivity (Wildman–Crippen MR) is 118 cm³/mol. The van der Waals surface area contributed by atoms with E-state index in [1.165, 1.54) is 34.4 Å². The molecule has 168 valence electrons. The Morgan fingerprint density at radius 1 is 0.969 bits per heavy atom. The molecule has 1 aromatic heterocycles. The first-order valence-electron chi connectivity index (χ1n) is 10.4. The highest BCUT2D eigenvalue weighted by molar-refractivity contribution is 5.66. The number of rotatable bonds is 6. The average Bonchev–Trinajstić information content (AvgIpc) is 3.11. The molecule has 2 heterocycles. The van der Waals surface area contributed by atoms with Gasteiger partial charge in [-0.15, -0.1) is 13.2 Å². The van der Waals surface area contributed by atoms with E-state index in [0.717, 1.165) is 36.3 Å². The van der Waals surface area contributed by atoms with Crippen molar-refractivity contribution >= 4 is 0 Å². The van der Waals surface area contributed by atoms with E-state index in [0.29, 0.717) is 6.54 Å². The van der Waals surface area contributed by atoms with E-state index < -0.39 is 6.36 Å². The minimum absolute atomic E-state index is 0.198. The molecule has 1 aliphatic heterocycles. The maximum atomic E-state index is 12.4. The summed E-state index contributed by atoms with van der Waals surface area (Å²) in [6.07, 6.45) is -0.872. The number of aryl methyl sites for hydroxylation is 1. The lowest BCUT2D eigenvalue weighted by atomic mass is 9.97. The molecule has 2 aromatic carbocycles. The van der Waals surface area contributed by atoms with E-state index >= 15 is 0 Å². The van der Waals surface area contributed by atoms with E-state index in [-0.39, 0.29) is 5.75 Å². The molecule has 0 N–H and O–H groups in total. The van der Waals surface area contributed by atoms with Gasteiger partial charge in [-0.25, -0.2) is 0 Å². The number of halogens is 3. The Balaban J connectivity index is 1.48. The van der Waals surface area contributed by atoms with Crippen LogP contribution in [-0.4, -0.2) is 35.2 Å². The van der Waals surface area contributed by atoms with Gasteiger partial charge < -0.3 is 9.64 Å². The molecule has 7 heteroatoms. The SMILES string of the molecule is Cc1cc(-c2cncc(CN(C)C)c2)cc2c1CN(Cc1ccc(OC(F)(F)F)cc1)C2. The number of fused-ring (bicyclic) bond motifs is 1. The van der Waals surface area contributed by atoms with E-state index in [2.05, 4.69) is 44.6 Å². The predicted octanol–water partition coefficient (Wildman–Crippen LogP) is 5.53. The third-order valence-corrected chi connectivity index (χ3v) is 5.53. The second-order valence-corrected chi connectivity index (χ2v) is 8.59. The van der Waals surface area contributed by atoms with Gasteiger partial charge >= 0.3 is 6.36 Å². The fraction of sp³-hybridized carbons (Fsp3) is 0.320. The lowest BCUT2D eigenvalue weighted by Crippen LogP contribution is -2.17. The molecule has 0 spiro atoms. The van der Waals surface area contributed by atoms with E-state index in [1.807, 2.05) is 26.5 Å². The Kier molecular flexibility index (Phi) is 6.22. The topological polar surface area (TPSA) is 28.6 Å². The lowest BCUT2D eigenvalue weighted by molar-refractivity contribution is -0.274. The zero-order chi connectivity index (χ0) is 22.9. The zero-order valence-corrected chi connectivity index (χ0v) is 18.4. The third kappa shape index (κ3) is 5.47. The van der Waals surface area contributed by atoms with E-state index in [4.69, 9.17) is 0 Å². The monoisotopic (exact) mass is 441 g/mol. The summed E-state index contributed by atoms with van der Waals surface area (Å²) in [4.78, 5) is 8.83. The number of hydrogen-bond donors (Lipinski definition) is 0. The van der Waals surface area contributed by atoms with Gasteiger partial charge in [0.05, 0.1) is 0 Å². The number of alkyl halides is 3. The minimum atomic E-state index is -4.67. The Labute approximate surface area is 186 Å². The average molecular weight is 441 g/mol. The van der Waals surface area contributed by atoms with Crippen molar-refractivity contribution in [3.63, 3.8) is 0 Å². The molecule has 0 fully saturated rings. The quantitative estimate of drug-likeness (QED) is 0.503. The number of ether oxygens (including phenoxy) is 1. The van der Waals surface area contributed by atoms with Gasteiger partial charge in [0.15, 0.2) is 0 Å². The van der Waals surface area contributed by atoms with Gasteiger partial charge in [0, 0.05) is 44.1 Å². The highest BCUT2D eigenvalue weighted by atomic mass is 19.4. The summed E-state index contributed by atoms with van der Waals surface area (Å²) in [5.41, 5.74) is 8.24. The Morgan fingerprint density at radius 2 is 1.72 bits per heavy atom. The maximum absolute atomic E-state index is 12.4. The van der Waals surface area contributed by atoms with Gasteiger partial charge in [-0.05, 0) is 78.7 Å². The molecule has 0 bridgehead atoms. The highest BCUT2D eigenvalue weighted by Crippen LogP contribution is 2.32. The molecule has 0 saturated heterocycles. The molecule has 4 nitrogen and oxygen atoms in total. The molecule has 4 rings (SSSR count). The summed E-state index contributed by atoms with van der Waals surface area (Å²) in [5, 5.41) is 0. The second-order valence-electron chi connectivity index (χ2n) is 8.59. The van der Waals surface area contributed by atoms with Crippen LogP contribution in [0.2, 0.25) is 0 Å². The highest BCUT2D eigenvalue weighted by Gasteiger charge is 2.31. The van der Waals surface area contributed by atoms with Crippen LogP contribution in [-0.2, 0) is 26.2 Å². The summed E-state index contributed by atoms with van der Waals surface area (Å²) < 4.78 is 41.0. The van der Waals surface area contributed by atoms with Crippen molar-refractivity contribution in [3.05, 3.63) is 82.7 Å². The maximum Gasteiger partial charge on any atom is 0.573 e. The Hall–Kier alpha value is -2.90. The first-order valence-corrected chi connectivity index (χ1v) is 10.4. The molecule has 0 aliphatic carbocycles. The molecule has 32 heavy (non-hydrogen) atoms. The standard InChI is InChI=1S/C25H26F3N3O/c1-17-8-20(21-9-19(11-29-12-21)13-30(2)3)10-22-15-31(16-24(17)22)14-18-4-6-23(7-5-18)32-25(26,27)28/h4-12H,13-16H2,1-3H3. The number of nitrogens with zero attached hydrogens (tertiary/aromatic N) is 3. The van der Waals surface area contributed by atoms with Crippen LogP contribution < -0.4 is 4.74 Å². The lowest BCUT2D eigenvalue weighted by Gasteiger charge is -2.15. The second kappa shape index (κ2) is 8.92. The van der Waals surface area contributed by atoms with Crippen LogP contribution >= 0.6 is 0 Å². The third-order valence-electron chi connectivity index (χ3n) is 5.53. The van der Waals surface area contributed by atoms with Crippen LogP contribution in [0.5, 0.6) is 5.75 Å². The van der Waals surface area contributed by atoms with Gasteiger partial charge in [-0.1, -0.05) is 18.2 Å². The number of hydrogen-bond acceptors (Lipinski definition) is 4. The minimum Gasteiger partial charge on any atom is -0.406 e. The van der Waals surface area contributed by atoms with Crippen LogP contribution in [0, 0.1) is 6.92 Å². The van der Waals surface area contributed by atoms with Crippen LogP contribution in [0.4, 0.5) is 13.2 Å². The fourth-order valence-electron chi connectivity index (χ4n) is 4.21. The number of pyridine rings is 1. The van der Waals surface area contributed by atoms with Crippen molar-refractivity contribution in [2.45, 2.75) is 39.5 Å². The molecule has 0 saturated carbocycles. The first kappa shape index (κ1) is 22.3. The summed E-state index contributed by atoms with van der Waals surface area (Å²) in [6, 6.07) is 12.7. The molecule has 0 unspecified atom stereocenters. The summed E-state index contributed by atoms with van der Waals surface area (Å²) >= 11 is 0. The van der Waals surface area contributed by atoms with Crippen molar-refractivity contribution in [1.29, 1.82) is 0 Å². The molecule has 1 aliphatic rings. The molecule has 0 atom stereocenters. The summed E-state index contributed by atoms with van der Waals surface area (Å²) in [5.74, 6) is -0.198. The van der Waals surface area contributed by atoms with Crippen molar-refractivity contribution < 1.29 is 17.9 Å². The largest absolute Gasteiger partial charge is 0.573 e. The van der Waals surface area contributed by atoms with Gasteiger partial charge in [-0.3, -0.25) is 9.88 Å². The van der Waals surface area contributed by atoms with Crippen LogP contribution in [0.1, 0.15) is 27.8 Å². The zero-order valence-electron chi connectivity index (χ0n) is 18.4. The molecular formula is C25H26F3N3O. The van der Waals surface area contributed by atoms with Crippen molar-refractivity contribution in [1.82, 2.24) is 14.8 Å². The van der Waals surface area contributed by atoms with Gasteiger partial charge in [0.2, 0.25) is 0 Å². The summed E-state index contributed by atoms with van der Waals surface area (Å²) in [6.45, 7) is 5.25. The van der Waals surface area contributed by atoms with Crippen LogP contribution in [0.15, 0.2) is 54.9 Å². The molecule has 0 amide bonds. The summed E-state index contributed by atoms with van der Waals surface area (Å²) in [7, 11) is 4.08. The van der Waals surface area contributed by atoms with Crippen molar-refractivity contribution in [2.24, 2.45) is 0 Å². The van der Waals surface area contributed by atoms with Gasteiger partial charge in [-0.2, -0.15) is 0 Å². The molecule has 0 radical (unpaired) electrons. The number of aromatic nitrogens is 1. The molecule has 3 aromatic rings. The normalized spacial score (nSPS) is 14.1. The fourth-order valence-corrected chi connectivity index (χ4v) is 4.21. The van der Waals surface area contributed by atoms with E-state index in [9.17, 15) is 13.2 Å². The van der Waals surface area contributed by atoms with Crippen LogP contribution in [0.25, 0.3) is 11.1 Å². The van der Waals surface area contributed by atoms with Gasteiger partial charge in [0.1, 0.15) is 5.75 Å².